The molecule has 5 aliphatic rings. The molecule has 8 heteroatoms. The number of anilines is 1. The zero-order valence-corrected chi connectivity index (χ0v) is 19.8. The molecular weight excluding hydrogens is 435 g/mol. The Morgan fingerprint density at radius 1 is 1.10 bits per heavy atom. The maximum absolute atomic E-state index is 12.5. The minimum Gasteiger partial charge on any atom is -0.406 e. The Balaban J connectivity index is 0.00000136. The van der Waals surface area contributed by atoms with Crippen molar-refractivity contribution in [1.82, 2.24) is 15.2 Å². The molecule has 2 N–H and O–H groups in total. The van der Waals surface area contributed by atoms with Crippen LogP contribution in [0.1, 0.15) is 51.4 Å². The molecule has 0 radical (unpaired) electrons. The van der Waals surface area contributed by atoms with Crippen LogP contribution in [0.2, 0.25) is 0 Å². The molecule has 0 unspecified atom stereocenters. The number of rotatable bonds is 7. The van der Waals surface area contributed by atoms with Crippen LogP contribution >= 0.6 is 24.8 Å². The van der Waals surface area contributed by atoms with Gasteiger partial charge in [-0.3, -0.25) is 0 Å². The van der Waals surface area contributed by atoms with E-state index in [-0.39, 0.29) is 30.9 Å². The Morgan fingerprint density at radius 3 is 2.39 bits per heavy atom. The van der Waals surface area contributed by atoms with E-state index in [0.29, 0.717) is 17.0 Å². The number of halogens is 2. The zero-order valence-electron chi connectivity index (χ0n) is 18.2. The second-order valence-corrected chi connectivity index (χ2v) is 9.99. The molecule has 1 aromatic heterocycles. The summed E-state index contributed by atoms with van der Waals surface area (Å²) < 4.78 is 5.64. The van der Waals surface area contributed by atoms with Gasteiger partial charge in [0.05, 0.1) is 0 Å². The number of ether oxygens (including phenoxy) is 1. The number of pyridine rings is 1. The summed E-state index contributed by atoms with van der Waals surface area (Å²) in [5, 5.41) is 6.43. The third-order valence-electron chi connectivity index (χ3n) is 7.67. The van der Waals surface area contributed by atoms with Crippen LogP contribution in [0.3, 0.4) is 0 Å². The molecule has 6 rings (SSSR count). The molecule has 4 aliphatic carbocycles. The smallest absolute Gasteiger partial charge is 0.406 e. The van der Waals surface area contributed by atoms with E-state index in [4.69, 9.17) is 4.74 Å². The molecule has 4 bridgehead atoms. The monoisotopic (exact) mass is 470 g/mol. The summed E-state index contributed by atoms with van der Waals surface area (Å²) in [4.78, 5) is 19.4. The largest absolute Gasteiger partial charge is 0.412 e. The highest BCUT2D eigenvalue weighted by molar-refractivity contribution is 5.85. The molecule has 5 fully saturated rings. The number of hydrogen-bond donors (Lipinski definition) is 2. The van der Waals surface area contributed by atoms with E-state index >= 15 is 0 Å². The number of aromatic nitrogens is 1. The summed E-state index contributed by atoms with van der Waals surface area (Å²) in [5.74, 6) is 3.84. The van der Waals surface area contributed by atoms with Crippen LogP contribution in [-0.2, 0) is 0 Å². The fraction of sp³-hybridized carbons (Fsp3) is 0.739. The fourth-order valence-electron chi connectivity index (χ4n) is 6.85. The summed E-state index contributed by atoms with van der Waals surface area (Å²) in [6, 6.07) is 3.63. The second kappa shape index (κ2) is 10.6. The van der Waals surface area contributed by atoms with Crippen LogP contribution in [-0.4, -0.2) is 48.7 Å². The first-order valence-corrected chi connectivity index (χ1v) is 11.5. The summed E-state index contributed by atoms with van der Waals surface area (Å²) in [6.45, 7) is 4.92. The molecule has 4 saturated carbocycles. The van der Waals surface area contributed by atoms with Gasteiger partial charge in [0.2, 0.25) is 0 Å². The number of nitrogens with one attached hydrogen (secondary N) is 2. The lowest BCUT2D eigenvalue weighted by molar-refractivity contribution is -0.0503. The van der Waals surface area contributed by atoms with Crippen molar-refractivity contribution in [3.8, 4) is 5.75 Å². The predicted molar refractivity (Wildman–Crippen MR) is 128 cm³/mol. The molecule has 2 heterocycles. The van der Waals surface area contributed by atoms with E-state index in [1.807, 2.05) is 12.1 Å². The standard InChI is InChI=1S/C23H34N4O2.2ClH/c28-22(26-16-23-13-17-10-18(14-23)12-19(11-17)15-23)29-20-4-3-5-24-21(20)25-6-9-27-7-1-2-8-27;;/h3-5,17-19H,1-2,6-16H2,(H,24,25)(H,26,28);2*1H. The van der Waals surface area contributed by atoms with E-state index in [0.717, 1.165) is 37.4 Å². The predicted octanol–water partition coefficient (Wildman–Crippen LogP) is 4.74. The van der Waals surface area contributed by atoms with Crippen molar-refractivity contribution < 1.29 is 9.53 Å². The van der Waals surface area contributed by atoms with Crippen LogP contribution in [0.4, 0.5) is 10.6 Å². The molecule has 1 amide bonds. The van der Waals surface area contributed by atoms with Gasteiger partial charge < -0.3 is 20.3 Å². The highest BCUT2D eigenvalue weighted by Gasteiger charge is 2.50. The lowest BCUT2D eigenvalue weighted by Gasteiger charge is -2.56. The van der Waals surface area contributed by atoms with E-state index < -0.39 is 0 Å². The molecule has 174 valence electrons. The summed E-state index contributed by atoms with van der Waals surface area (Å²) >= 11 is 0. The summed E-state index contributed by atoms with van der Waals surface area (Å²) in [7, 11) is 0. The van der Waals surface area contributed by atoms with Gasteiger partial charge in [0.15, 0.2) is 11.6 Å². The van der Waals surface area contributed by atoms with Crippen LogP contribution in [0, 0.1) is 23.2 Å². The Bertz CT molecular complexity index is 707. The average molecular weight is 471 g/mol. The van der Waals surface area contributed by atoms with Gasteiger partial charge in [-0.25, -0.2) is 9.78 Å². The number of hydrogen-bond acceptors (Lipinski definition) is 5. The van der Waals surface area contributed by atoms with Crippen molar-refractivity contribution in [2.45, 2.75) is 51.4 Å². The number of carbonyl (C=O) groups is 1. The molecule has 1 aromatic rings. The van der Waals surface area contributed by atoms with Crippen molar-refractivity contribution in [1.29, 1.82) is 0 Å². The topological polar surface area (TPSA) is 66.5 Å². The third kappa shape index (κ3) is 5.77. The van der Waals surface area contributed by atoms with Crippen molar-refractivity contribution in [2.75, 3.05) is 38.0 Å². The highest BCUT2D eigenvalue weighted by atomic mass is 35.5. The minimum atomic E-state index is -0.351. The number of nitrogens with zero attached hydrogens (tertiary/aromatic N) is 2. The average Bonchev–Trinajstić information content (AvgIpc) is 3.20. The minimum absolute atomic E-state index is 0. The van der Waals surface area contributed by atoms with Gasteiger partial charge in [-0.15, -0.1) is 24.8 Å². The lowest BCUT2D eigenvalue weighted by atomic mass is 9.49. The molecule has 0 spiro atoms. The molecular formula is C23H36Cl2N4O2. The van der Waals surface area contributed by atoms with Crippen molar-refractivity contribution >= 4 is 36.7 Å². The highest BCUT2D eigenvalue weighted by Crippen LogP contribution is 2.59. The zero-order chi connectivity index (χ0) is 19.7. The molecule has 31 heavy (non-hydrogen) atoms. The van der Waals surface area contributed by atoms with E-state index in [2.05, 4.69) is 20.5 Å². The SMILES string of the molecule is Cl.Cl.O=C(NCC12CC3CC(CC(C3)C1)C2)Oc1cccnc1NCCN1CCCC1. The van der Waals surface area contributed by atoms with Gasteiger partial charge in [-0.1, -0.05) is 0 Å². The second-order valence-electron chi connectivity index (χ2n) is 9.99. The van der Waals surface area contributed by atoms with Crippen molar-refractivity contribution in [3.63, 3.8) is 0 Å². The lowest BCUT2D eigenvalue weighted by Crippen LogP contribution is -2.51. The van der Waals surface area contributed by atoms with E-state index in [1.165, 1.54) is 64.5 Å². The Morgan fingerprint density at radius 2 is 1.74 bits per heavy atom. The quantitative estimate of drug-likeness (QED) is 0.602. The van der Waals surface area contributed by atoms with Gasteiger partial charge in [-0.2, -0.15) is 0 Å². The van der Waals surface area contributed by atoms with Crippen LogP contribution < -0.4 is 15.4 Å². The Kier molecular flexibility index (Phi) is 8.33. The van der Waals surface area contributed by atoms with E-state index in [1.54, 1.807) is 6.20 Å². The van der Waals surface area contributed by atoms with Gasteiger partial charge in [-0.05, 0) is 99.8 Å². The fourth-order valence-corrected chi connectivity index (χ4v) is 6.85. The van der Waals surface area contributed by atoms with Crippen molar-refractivity contribution in [2.24, 2.45) is 23.2 Å². The number of amides is 1. The Hall–Kier alpha value is -1.24. The van der Waals surface area contributed by atoms with Crippen molar-refractivity contribution in [3.05, 3.63) is 18.3 Å². The molecule has 1 saturated heterocycles. The summed E-state index contributed by atoms with van der Waals surface area (Å²) in [6.07, 6.45) is 12.1. The van der Waals surface area contributed by atoms with Gasteiger partial charge in [0.1, 0.15) is 0 Å². The first-order valence-electron chi connectivity index (χ1n) is 11.5. The maximum atomic E-state index is 12.5. The molecule has 6 nitrogen and oxygen atoms in total. The number of likely N-dealkylation sites (tertiary alicyclic amines) is 1. The van der Waals surface area contributed by atoms with E-state index in [9.17, 15) is 4.79 Å². The number of carbonyl (C=O) groups excluding carboxylic acids is 1. The Labute approximate surface area is 198 Å². The molecule has 1 aliphatic heterocycles. The molecule has 0 aromatic carbocycles. The van der Waals surface area contributed by atoms with Crippen LogP contribution in [0.15, 0.2) is 18.3 Å². The van der Waals surface area contributed by atoms with Gasteiger partial charge in [0, 0.05) is 25.8 Å². The maximum Gasteiger partial charge on any atom is 0.412 e. The van der Waals surface area contributed by atoms with Gasteiger partial charge >= 0.3 is 6.09 Å². The third-order valence-corrected chi connectivity index (χ3v) is 7.67. The summed E-state index contributed by atoms with van der Waals surface area (Å²) in [5.41, 5.74) is 0.319. The first-order chi connectivity index (χ1) is 14.2. The first kappa shape index (κ1) is 24.4. The van der Waals surface area contributed by atoms with Crippen LogP contribution in [0.5, 0.6) is 5.75 Å². The van der Waals surface area contributed by atoms with Crippen LogP contribution in [0.25, 0.3) is 0 Å². The normalized spacial score (nSPS) is 30.9. The molecule has 0 atom stereocenters. The van der Waals surface area contributed by atoms with Gasteiger partial charge in [0.25, 0.3) is 0 Å².